The van der Waals surface area contributed by atoms with E-state index in [4.69, 9.17) is 9.47 Å². The van der Waals surface area contributed by atoms with Crippen LogP contribution in [0.15, 0.2) is 88.1 Å². The molecular weight excluding hydrogens is 508 g/mol. The van der Waals surface area contributed by atoms with Crippen molar-refractivity contribution < 1.29 is 14.6 Å². The summed E-state index contributed by atoms with van der Waals surface area (Å²) in [6, 6.07) is 24.6. The van der Waals surface area contributed by atoms with Gasteiger partial charge in [0.2, 0.25) is 6.79 Å². The van der Waals surface area contributed by atoms with Gasteiger partial charge in [0.25, 0.3) is 5.56 Å². The van der Waals surface area contributed by atoms with Gasteiger partial charge in [-0.1, -0.05) is 64.5 Å². The average molecular weight is 529 g/mol. The van der Waals surface area contributed by atoms with Crippen LogP contribution in [0.3, 0.4) is 0 Å². The van der Waals surface area contributed by atoms with Crippen LogP contribution in [0.1, 0.15) is 28.3 Å². The van der Waals surface area contributed by atoms with Gasteiger partial charge in [-0.3, -0.25) is 9.89 Å². The molecular formula is C28H21BrN2O4. The molecule has 1 aliphatic heterocycles. The fourth-order valence-corrected chi connectivity index (χ4v) is 5.41. The number of fused-ring (bicyclic) bond motifs is 2. The van der Waals surface area contributed by atoms with E-state index in [9.17, 15) is 9.90 Å². The summed E-state index contributed by atoms with van der Waals surface area (Å²) in [7, 11) is 0. The monoisotopic (exact) mass is 528 g/mol. The van der Waals surface area contributed by atoms with Crippen LogP contribution < -0.4 is 15.0 Å². The number of halogens is 1. The van der Waals surface area contributed by atoms with Crippen LogP contribution in [0.2, 0.25) is 0 Å². The molecule has 1 aromatic heterocycles. The highest BCUT2D eigenvalue weighted by molar-refractivity contribution is 9.10. The molecule has 0 saturated carbocycles. The van der Waals surface area contributed by atoms with Crippen molar-refractivity contribution in [3.05, 3.63) is 116 Å². The molecule has 4 aromatic carbocycles. The van der Waals surface area contributed by atoms with Crippen LogP contribution in [0, 0.1) is 6.92 Å². The lowest BCUT2D eigenvalue weighted by Crippen LogP contribution is -2.21. The molecule has 0 saturated heterocycles. The van der Waals surface area contributed by atoms with Gasteiger partial charge in [0, 0.05) is 21.6 Å². The van der Waals surface area contributed by atoms with E-state index in [1.54, 1.807) is 10.7 Å². The Morgan fingerprint density at radius 2 is 1.66 bits per heavy atom. The van der Waals surface area contributed by atoms with Crippen molar-refractivity contribution in [2.45, 2.75) is 12.8 Å². The third-order valence-corrected chi connectivity index (χ3v) is 7.15. The molecule has 2 N–H and O–H groups in total. The van der Waals surface area contributed by atoms with Crippen molar-refractivity contribution >= 4 is 26.7 Å². The molecule has 0 spiro atoms. The smallest absolute Gasteiger partial charge is 0.275 e. The number of aromatic nitrogens is 2. The topological polar surface area (TPSA) is 76.5 Å². The third kappa shape index (κ3) is 3.51. The van der Waals surface area contributed by atoms with Gasteiger partial charge in [0.15, 0.2) is 11.5 Å². The Hall–Kier alpha value is -3.97. The van der Waals surface area contributed by atoms with Crippen LogP contribution in [0.4, 0.5) is 0 Å². The lowest BCUT2D eigenvalue weighted by Gasteiger charge is -2.22. The van der Waals surface area contributed by atoms with Crippen molar-refractivity contribution in [3.8, 4) is 22.9 Å². The third-order valence-electron chi connectivity index (χ3n) is 6.46. The predicted octanol–water partition coefficient (Wildman–Crippen LogP) is 6.00. The second kappa shape index (κ2) is 8.36. The van der Waals surface area contributed by atoms with E-state index in [1.807, 2.05) is 79.7 Å². The molecule has 0 radical (unpaired) electrons. The Labute approximate surface area is 209 Å². The largest absolute Gasteiger partial charge is 0.508 e. The minimum atomic E-state index is -0.585. The van der Waals surface area contributed by atoms with Gasteiger partial charge in [-0.2, -0.15) is 0 Å². The summed E-state index contributed by atoms with van der Waals surface area (Å²) in [6.07, 6.45) is 0. The highest BCUT2D eigenvalue weighted by Gasteiger charge is 2.32. The Balaban J connectivity index is 1.69. The lowest BCUT2D eigenvalue weighted by atomic mass is 9.82. The quantitative estimate of drug-likeness (QED) is 0.299. The normalized spacial score (nSPS) is 13.3. The first-order valence-corrected chi connectivity index (χ1v) is 12.0. The van der Waals surface area contributed by atoms with Crippen molar-refractivity contribution in [1.82, 2.24) is 9.78 Å². The van der Waals surface area contributed by atoms with E-state index in [1.165, 1.54) is 0 Å². The first-order chi connectivity index (χ1) is 17.0. The zero-order chi connectivity index (χ0) is 24.1. The maximum atomic E-state index is 13.9. The minimum absolute atomic E-state index is 0.115. The lowest BCUT2D eigenvalue weighted by molar-refractivity contribution is 0.174. The molecule has 7 heteroatoms. The second-order valence-corrected chi connectivity index (χ2v) is 9.36. The first-order valence-electron chi connectivity index (χ1n) is 11.2. The fraction of sp³-hybridized carbons (Fsp3) is 0.107. The highest BCUT2D eigenvalue weighted by Crippen LogP contribution is 2.47. The van der Waals surface area contributed by atoms with E-state index in [0.29, 0.717) is 28.3 Å². The van der Waals surface area contributed by atoms with Crippen LogP contribution in [-0.4, -0.2) is 21.7 Å². The highest BCUT2D eigenvalue weighted by atomic mass is 79.9. The molecule has 0 bridgehead atoms. The molecule has 174 valence electrons. The van der Waals surface area contributed by atoms with Crippen LogP contribution >= 0.6 is 15.9 Å². The Bertz CT molecular complexity index is 1640. The van der Waals surface area contributed by atoms with Gasteiger partial charge in [-0.15, -0.1) is 0 Å². The number of phenolic OH excluding ortho intramolecular Hbond substituents is 1. The molecule has 0 aliphatic carbocycles. The number of aromatic amines is 1. The summed E-state index contributed by atoms with van der Waals surface area (Å²) < 4.78 is 13.5. The van der Waals surface area contributed by atoms with Gasteiger partial charge in [0.1, 0.15) is 5.75 Å². The number of H-pyrrole nitrogens is 1. The number of para-hydroxylation sites is 1. The first kappa shape index (κ1) is 21.6. The van der Waals surface area contributed by atoms with Crippen LogP contribution in [0.5, 0.6) is 17.2 Å². The Morgan fingerprint density at radius 3 is 2.46 bits per heavy atom. The molecule has 0 fully saturated rings. The predicted molar refractivity (Wildman–Crippen MR) is 138 cm³/mol. The summed E-state index contributed by atoms with van der Waals surface area (Å²) in [5, 5.41) is 16.3. The number of hydrogen-bond donors (Lipinski definition) is 2. The maximum Gasteiger partial charge on any atom is 0.275 e. The number of ether oxygens (including phenoxy) is 2. The molecule has 1 aliphatic rings. The van der Waals surface area contributed by atoms with E-state index in [2.05, 4.69) is 21.0 Å². The van der Waals surface area contributed by atoms with E-state index in [-0.39, 0.29) is 18.1 Å². The molecule has 35 heavy (non-hydrogen) atoms. The minimum Gasteiger partial charge on any atom is -0.508 e. The SMILES string of the molecule is Cc1[nH]n(-c2ccccc2)c(=O)c1C(c1cc2c(cc1Br)OCO2)c1c(O)ccc2ccccc12. The van der Waals surface area contributed by atoms with E-state index < -0.39 is 5.92 Å². The number of rotatable bonds is 4. The van der Waals surface area contributed by atoms with Gasteiger partial charge in [-0.25, -0.2) is 4.68 Å². The number of aromatic hydroxyl groups is 1. The summed E-state index contributed by atoms with van der Waals surface area (Å²) in [4.78, 5) is 13.9. The molecule has 5 aromatic rings. The van der Waals surface area contributed by atoms with E-state index >= 15 is 0 Å². The number of benzene rings is 4. The van der Waals surface area contributed by atoms with Crippen molar-refractivity contribution in [1.29, 1.82) is 0 Å². The standard InChI is InChI=1S/C28H21BrN2O4/c1-16-25(28(33)31(30-16)18-8-3-2-4-9-18)27(20-13-23-24(14-21(20)29)35-15-34-23)26-19-10-6-5-7-17(19)11-12-22(26)32/h2-14,27,30,32H,15H2,1H3. The molecule has 6 rings (SSSR count). The Kier molecular flexibility index (Phi) is 5.15. The van der Waals surface area contributed by atoms with Crippen molar-refractivity contribution in [3.63, 3.8) is 0 Å². The number of aryl methyl sites for hydroxylation is 1. The zero-order valence-electron chi connectivity index (χ0n) is 18.8. The number of hydrogen-bond acceptors (Lipinski definition) is 4. The van der Waals surface area contributed by atoms with Crippen LogP contribution in [0.25, 0.3) is 16.5 Å². The molecule has 0 amide bonds. The maximum absolute atomic E-state index is 13.9. The summed E-state index contributed by atoms with van der Waals surface area (Å²) >= 11 is 3.70. The summed E-state index contributed by atoms with van der Waals surface area (Å²) in [5.74, 6) is 0.765. The molecule has 1 atom stereocenters. The van der Waals surface area contributed by atoms with Crippen LogP contribution in [-0.2, 0) is 0 Å². The number of nitrogens with zero attached hydrogens (tertiary/aromatic N) is 1. The summed E-state index contributed by atoms with van der Waals surface area (Å²) in [6.45, 7) is 2.02. The van der Waals surface area contributed by atoms with Gasteiger partial charge >= 0.3 is 0 Å². The van der Waals surface area contributed by atoms with Gasteiger partial charge in [-0.05, 0) is 53.6 Å². The molecule has 2 heterocycles. The average Bonchev–Trinajstić information content (AvgIpc) is 3.44. The van der Waals surface area contributed by atoms with Gasteiger partial charge < -0.3 is 14.6 Å². The number of nitrogens with one attached hydrogen (secondary N) is 1. The van der Waals surface area contributed by atoms with Crippen molar-refractivity contribution in [2.75, 3.05) is 6.79 Å². The second-order valence-electron chi connectivity index (χ2n) is 8.51. The summed E-state index contributed by atoms with van der Waals surface area (Å²) in [5.41, 5.74) is 3.25. The zero-order valence-corrected chi connectivity index (χ0v) is 20.4. The number of phenols is 1. The fourth-order valence-electron chi connectivity index (χ4n) is 4.86. The van der Waals surface area contributed by atoms with Gasteiger partial charge in [0.05, 0.1) is 11.3 Å². The molecule has 1 unspecified atom stereocenters. The van der Waals surface area contributed by atoms with E-state index in [0.717, 1.165) is 26.5 Å². The van der Waals surface area contributed by atoms with Crippen molar-refractivity contribution in [2.24, 2.45) is 0 Å². The Morgan fingerprint density at radius 1 is 0.943 bits per heavy atom. The molecule has 6 nitrogen and oxygen atoms in total.